The fourth-order valence-corrected chi connectivity index (χ4v) is 2.00. The average molecular weight is 246 g/mol. The summed E-state index contributed by atoms with van der Waals surface area (Å²) in [5.74, 6) is 1.09. The van der Waals surface area contributed by atoms with Crippen molar-refractivity contribution in [3.05, 3.63) is 16.6 Å². The predicted octanol–water partition coefficient (Wildman–Crippen LogP) is 2.34. The molecule has 0 spiro atoms. The Morgan fingerprint density at radius 2 is 2.31 bits per heavy atom. The smallest absolute Gasteiger partial charge is 0.123 e. The molecule has 74 valence electrons. The van der Waals surface area contributed by atoms with Crippen molar-refractivity contribution in [1.29, 1.82) is 0 Å². The van der Waals surface area contributed by atoms with Crippen LogP contribution in [0.4, 0.5) is 0 Å². The number of halogens is 1. The summed E-state index contributed by atoms with van der Waals surface area (Å²) in [5.41, 5.74) is 0. The van der Waals surface area contributed by atoms with E-state index in [0.717, 1.165) is 23.5 Å². The van der Waals surface area contributed by atoms with Crippen molar-refractivity contribution in [3.8, 4) is 0 Å². The van der Waals surface area contributed by atoms with Crippen molar-refractivity contribution >= 4 is 15.9 Å². The van der Waals surface area contributed by atoms with E-state index in [0.29, 0.717) is 6.04 Å². The zero-order valence-electron chi connectivity index (χ0n) is 8.34. The number of nitrogens with one attached hydrogen (secondary N) is 1. The molecule has 0 radical (unpaired) electrons. The summed E-state index contributed by atoms with van der Waals surface area (Å²) in [4.78, 5) is 4.33. The Bertz CT molecular complexity index is 268. The highest BCUT2D eigenvalue weighted by atomic mass is 79.9. The van der Waals surface area contributed by atoms with Gasteiger partial charge in [-0.1, -0.05) is 6.92 Å². The third kappa shape index (κ3) is 2.54. The van der Waals surface area contributed by atoms with Crippen LogP contribution in [0.15, 0.2) is 10.8 Å². The Kier molecular flexibility index (Phi) is 3.93. The molecule has 0 atom stereocenters. The van der Waals surface area contributed by atoms with E-state index in [2.05, 4.69) is 51.6 Å². The van der Waals surface area contributed by atoms with Gasteiger partial charge in [-0.15, -0.1) is 0 Å². The fourth-order valence-electron chi connectivity index (χ4n) is 1.29. The van der Waals surface area contributed by atoms with E-state index in [9.17, 15) is 0 Å². The molecular formula is C9H16BrN3. The lowest BCUT2D eigenvalue weighted by molar-refractivity contribution is 0.539. The molecular weight excluding hydrogens is 230 g/mol. The molecule has 0 fully saturated rings. The molecule has 0 amide bonds. The maximum Gasteiger partial charge on any atom is 0.123 e. The number of rotatable bonds is 4. The predicted molar refractivity (Wildman–Crippen MR) is 57.7 cm³/mol. The van der Waals surface area contributed by atoms with Crippen LogP contribution in [-0.2, 0) is 6.54 Å². The standard InChI is InChI=1S/C9H16BrN3/c1-4-11-6-9-12-5-8(10)13(9)7(2)3/h5,7,11H,4,6H2,1-3H3. The summed E-state index contributed by atoms with van der Waals surface area (Å²) < 4.78 is 3.23. The van der Waals surface area contributed by atoms with Gasteiger partial charge in [0.25, 0.3) is 0 Å². The second-order valence-electron chi connectivity index (χ2n) is 3.24. The molecule has 0 aliphatic rings. The first kappa shape index (κ1) is 10.7. The quantitative estimate of drug-likeness (QED) is 0.883. The Morgan fingerprint density at radius 3 is 2.85 bits per heavy atom. The normalized spacial score (nSPS) is 11.2. The van der Waals surface area contributed by atoms with Crippen LogP contribution in [0.3, 0.4) is 0 Å². The summed E-state index contributed by atoms with van der Waals surface area (Å²) in [5, 5.41) is 3.27. The maximum absolute atomic E-state index is 4.33. The summed E-state index contributed by atoms with van der Waals surface area (Å²) in [7, 11) is 0. The van der Waals surface area contributed by atoms with Crippen LogP contribution < -0.4 is 5.32 Å². The van der Waals surface area contributed by atoms with E-state index < -0.39 is 0 Å². The van der Waals surface area contributed by atoms with Crippen LogP contribution in [-0.4, -0.2) is 16.1 Å². The van der Waals surface area contributed by atoms with E-state index in [-0.39, 0.29) is 0 Å². The fraction of sp³-hybridized carbons (Fsp3) is 0.667. The Hall–Kier alpha value is -0.350. The van der Waals surface area contributed by atoms with Gasteiger partial charge in [0.05, 0.1) is 12.7 Å². The first-order valence-electron chi connectivity index (χ1n) is 4.59. The Labute approximate surface area is 87.7 Å². The molecule has 13 heavy (non-hydrogen) atoms. The van der Waals surface area contributed by atoms with Gasteiger partial charge in [-0.3, -0.25) is 0 Å². The summed E-state index contributed by atoms with van der Waals surface area (Å²) in [6, 6.07) is 0.450. The van der Waals surface area contributed by atoms with E-state index in [4.69, 9.17) is 0 Å². The lowest BCUT2D eigenvalue weighted by Crippen LogP contribution is -2.17. The van der Waals surface area contributed by atoms with E-state index >= 15 is 0 Å². The number of hydrogen-bond donors (Lipinski definition) is 1. The molecule has 0 aliphatic carbocycles. The van der Waals surface area contributed by atoms with Gasteiger partial charge in [-0.25, -0.2) is 4.98 Å². The highest BCUT2D eigenvalue weighted by Crippen LogP contribution is 2.18. The molecule has 0 bridgehead atoms. The van der Waals surface area contributed by atoms with E-state index in [1.54, 1.807) is 0 Å². The minimum absolute atomic E-state index is 0.450. The number of imidazole rings is 1. The molecule has 0 saturated heterocycles. The number of hydrogen-bond acceptors (Lipinski definition) is 2. The first-order chi connectivity index (χ1) is 6.16. The zero-order chi connectivity index (χ0) is 9.84. The SMILES string of the molecule is CCNCc1ncc(Br)n1C(C)C. The van der Waals surface area contributed by atoms with Crippen LogP contribution in [0.2, 0.25) is 0 Å². The molecule has 1 aromatic rings. The van der Waals surface area contributed by atoms with Gasteiger partial charge in [-0.2, -0.15) is 0 Å². The lowest BCUT2D eigenvalue weighted by Gasteiger charge is -2.12. The van der Waals surface area contributed by atoms with Crippen LogP contribution in [0.25, 0.3) is 0 Å². The van der Waals surface area contributed by atoms with E-state index in [1.165, 1.54) is 0 Å². The van der Waals surface area contributed by atoms with Crippen molar-refractivity contribution in [3.63, 3.8) is 0 Å². The van der Waals surface area contributed by atoms with Crippen molar-refractivity contribution in [2.24, 2.45) is 0 Å². The minimum atomic E-state index is 0.450. The van der Waals surface area contributed by atoms with Gasteiger partial charge in [0, 0.05) is 6.04 Å². The molecule has 0 saturated carbocycles. The molecule has 1 N–H and O–H groups in total. The number of nitrogens with zero attached hydrogens (tertiary/aromatic N) is 2. The molecule has 1 rings (SSSR count). The molecule has 0 aliphatic heterocycles. The van der Waals surface area contributed by atoms with Gasteiger partial charge in [0.1, 0.15) is 10.4 Å². The summed E-state index contributed by atoms with van der Waals surface area (Å²) in [6.45, 7) is 8.21. The van der Waals surface area contributed by atoms with Crippen molar-refractivity contribution in [1.82, 2.24) is 14.9 Å². The van der Waals surface area contributed by atoms with Crippen molar-refractivity contribution < 1.29 is 0 Å². The average Bonchev–Trinajstić information content (AvgIpc) is 2.43. The second-order valence-corrected chi connectivity index (χ2v) is 4.05. The molecule has 1 heterocycles. The van der Waals surface area contributed by atoms with Crippen molar-refractivity contribution in [2.45, 2.75) is 33.4 Å². The zero-order valence-corrected chi connectivity index (χ0v) is 9.93. The molecule has 1 aromatic heterocycles. The minimum Gasteiger partial charge on any atom is -0.319 e. The van der Waals surface area contributed by atoms with Gasteiger partial charge in [0.15, 0.2) is 0 Å². The third-order valence-electron chi connectivity index (χ3n) is 1.88. The highest BCUT2D eigenvalue weighted by molar-refractivity contribution is 9.10. The third-order valence-corrected chi connectivity index (χ3v) is 2.46. The maximum atomic E-state index is 4.33. The van der Waals surface area contributed by atoms with Crippen molar-refractivity contribution in [2.75, 3.05) is 6.54 Å². The van der Waals surface area contributed by atoms with Gasteiger partial charge in [0.2, 0.25) is 0 Å². The summed E-state index contributed by atoms with van der Waals surface area (Å²) in [6.07, 6.45) is 1.85. The largest absolute Gasteiger partial charge is 0.319 e. The monoisotopic (exact) mass is 245 g/mol. The van der Waals surface area contributed by atoms with Crippen LogP contribution in [0, 0.1) is 0 Å². The molecule has 4 heteroatoms. The molecule has 0 aromatic carbocycles. The van der Waals surface area contributed by atoms with Gasteiger partial charge in [-0.05, 0) is 36.3 Å². The van der Waals surface area contributed by atoms with Crippen LogP contribution in [0.1, 0.15) is 32.6 Å². The number of aromatic nitrogens is 2. The van der Waals surface area contributed by atoms with Crippen LogP contribution in [0.5, 0.6) is 0 Å². The van der Waals surface area contributed by atoms with E-state index in [1.807, 2.05) is 6.20 Å². The van der Waals surface area contributed by atoms with Gasteiger partial charge < -0.3 is 9.88 Å². The highest BCUT2D eigenvalue weighted by Gasteiger charge is 2.09. The molecule has 3 nitrogen and oxygen atoms in total. The second kappa shape index (κ2) is 4.77. The Balaban J connectivity index is 2.81. The Morgan fingerprint density at radius 1 is 1.62 bits per heavy atom. The lowest BCUT2D eigenvalue weighted by atomic mass is 10.4. The van der Waals surface area contributed by atoms with Gasteiger partial charge >= 0.3 is 0 Å². The summed E-state index contributed by atoms with van der Waals surface area (Å²) >= 11 is 3.48. The topological polar surface area (TPSA) is 29.9 Å². The molecule has 0 unspecified atom stereocenters. The first-order valence-corrected chi connectivity index (χ1v) is 5.38. The van der Waals surface area contributed by atoms with Crippen LogP contribution >= 0.6 is 15.9 Å².